The number of hydrogen-bond acceptors (Lipinski definition) is 7. The number of fused-ring (bicyclic) bond motifs is 1. The van der Waals surface area contributed by atoms with Crippen molar-refractivity contribution in [2.45, 2.75) is 40.2 Å². The zero-order valence-electron chi connectivity index (χ0n) is 18.9. The highest BCUT2D eigenvalue weighted by molar-refractivity contribution is 5.93. The van der Waals surface area contributed by atoms with Crippen LogP contribution in [0.4, 0.5) is 5.69 Å². The van der Waals surface area contributed by atoms with Crippen molar-refractivity contribution in [3.63, 3.8) is 0 Å². The van der Waals surface area contributed by atoms with Gasteiger partial charge in [-0.25, -0.2) is 9.97 Å². The third-order valence-electron chi connectivity index (χ3n) is 5.08. The molecule has 3 rings (SSSR count). The van der Waals surface area contributed by atoms with Crippen molar-refractivity contribution in [1.82, 2.24) is 19.7 Å². The summed E-state index contributed by atoms with van der Waals surface area (Å²) in [6, 6.07) is 6.11. The summed E-state index contributed by atoms with van der Waals surface area (Å²) in [4.78, 5) is 13.3. The number of nitrogens with zero attached hydrogens (tertiary/aromatic N) is 5. The van der Waals surface area contributed by atoms with E-state index in [0.29, 0.717) is 24.7 Å². The fourth-order valence-electron chi connectivity index (χ4n) is 3.31. The van der Waals surface area contributed by atoms with Crippen LogP contribution in [-0.4, -0.2) is 46.2 Å². The fraction of sp³-hybridized carbons (Fsp3) is 0.391. The molecule has 0 fully saturated rings. The number of aryl methyl sites for hydroxylation is 1. The second kappa shape index (κ2) is 10.1. The molecule has 3 aromatic heterocycles. The van der Waals surface area contributed by atoms with Gasteiger partial charge < -0.3 is 15.8 Å². The molecule has 0 spiro atoms. The van der Waals surface area contributed by atoms with E-state index in [4.69, 9.17) is 20.6 Å². The predicted molar refractivity (Wildman–Crippen MR) is 127 cm³/mol. The van der Waals surface area contributed by atoms with Crippen molar-refractivity contribution in [2.24, 2.45) is 10.7 Å². The van der Waals surface area contributed by atoms with Gasteiger partial charge in [0.1, 0.15) is 11.0 Å². The smallest absolute Gasteiger partial charge is 0.222 e. The van der Waals surface area contributed by atoms with Gasteiger partial charge in [-0.1, -0.05) is 6.92 Å². The summed E-state index contributed by atoms with van der Waals surface area (Å²) in [6.07, 6.45) is 6.16. The average molecular weight is 422 g/mol. The second-order valence-electron chi connectivity index (χ2n) is 7.33. The van der Waals surface area contributed by atoms with Crippen molar-refractivity contribution in [3.05, 3.63) is 41.9 Å². The average Bonchev–Trinajstić information content (AvgIpc) is 3.12. The Labute approximate surface area is 183 Å². The van der Waals surface area contributed by atoms with E-state index in [1.165, 1.54) is 0 Å². The van der Waals surface area contributed by atoms with Crippen molar-refractivity contribution in [2.75, 3.05) is 25.5 Å². The second-order valence-corrected chi connectivity index (χ2v) is 7.33. The number of anilines is 1. The zero-order chi connectivity index (χ0) is 22.4. The number of ether oxygens (including phenoxy) is 1. The van der Waals surface area contributed by atoms with Gasteiger partial charge in [-0.05, 0) is 51.5 Å². The Morgan fingerprint density at radius 1 is 1.39 bits per heavy atom. The van der Waals surface area contributed by atoms with E-state index in [9.17, 15) is 0 Å². The molecule has 0 aliphatic rings. The lowest BCUT2D eigenvalue weighted by atomic mass is 10.1. The van der Waals surface area contributed by atoms with E-state index in [2.05, 4.69) is 29.1 Å². The maximum atomic E-state index is 6.13. The lowest BCUT2D eigenvalue weighted by molar-refractivity contribution is 0.328. The molecule has 0 saturated heterocycles. The van der Waals surface area contributed by atoms with Crippen molar-refractivity contribution >= 4 is 22.9 Å². The number of nitrogens with one attached hydrogen (secondary N) is 1. The Morgan fingerprint density at radius 2 is 2.19 bits per heavy atom. The van der Waals surface area contributed by atoms with Crippen LogP contribution in [0.15, 0.2) is 41.2 Å². The minimum absolute atomic E-state index is 0.238. The lowest BCUT2D eigenvalue weighted by Crippen LogP contribution is -2.14. The van der Waals surface area contributed by atoms with Crippen molar-refractivity contribution in [3.8, 4) is 17.1 Å². The number of rotatable bonds is 9. The van der Waals surface area contributed by atoms with Gasteiger partial charge in [0.2, 0.25) is 5.88 Å². The van der Waals surface area contributed by atoms with E-state index in [-0.39, 0.29) is 6.04 Å². The van der Waals surface area contributed by atoms with Gasteiger partial charge in [0, 0.05) is 31.2 Å². The third-order valence-corrected chi connectivity index (χ3v) is 5.08. The zero-order valence-corrected chi connectivity index (χ0v) is 18.9. The Kier molecular flexibility index (Phi) is 7.23. The van der Waals surface area contributed by atoms with Crippen LogP contribution in [0.3, 0.4) is 0 Å². The first-order valence-electron chi connectivity index (χ1n) is 10.6. The number of nitrogens with two attached hydrogens (primary N) is 1. The topological polar surface area (TPSA) is 103 Å². The highest BCUT2D eigenvalue weighted by Crippen LogP contribution is 2.34. The molecule has 3 aromatic rings. The minimum atomic E-state index is 0.238. The first-order valence-corrected chi connectivity index (χ1v) is 10.6. The van der Waals surface area contributed by atoms with Crippen LogP contribution in [-0.2, 0) is 0 Å². The van der Waals surface area contributed by atoms with Gasteiger partial charge in [-0.15, -0.1) is 0 Å². The molecule has 0 aliphatic carbocycles. The summed E-state index contributed by atoms with van der Waals surface area (Å²) < 4.78 is 7.79. The van der Waals surface area contributed by atoms with Gasteiger partial charge in [-0.2, -0.15) is 5.10 Å². The van der Waals surface area contributed by atoms with Gasteiger partial charge >= 0.3 is 0 Å². The van der Waals surface area contributed by atoms with Crippen LogP contribution in [0.2, 0.25) is 0 Å². The number of allylic oxidation sites excluding steroid dienone is 1. The summed E-state index contributed by atoms with van der Waals surface area (Å²) in [5, 5.41) is 8.27. The van der Waals surface area contributed by atoms with Crippen LogP contribution < -0.4 is 15.8 Å². The molecule has 1 unspecified atom stereocenters. The maximum Gasteiger partial charge on any atom is 0.222 e. The van der Waals surface area contributed by atoms with Crippen LogP contribution in [0, 0.1) is 6.92 Å². The molecule has 0 bridgehead atoms. The summed E-state index contributed by atoms with van der Waals surface area (Å²) in [7, 11) is 1.72. The molecule has 0 aromatic carbocycles. The summed E-state index contributed by atoms with van der Waals surface area (Å²) in [6.45, 7) is 9.24. The number of aromatic nitrogens is 4. The third kappa shape index (κ3) is 4.84. The van der Waals surface area contributed by atoms with Crippen LogP contribution in [0.25, 0.3) is 22.3 Å². The molecule has 8 heteroatoms. The molecule has 0 amide bonds. The number of pyridine rings is 2. The van der Waals surface area contributed by atoms with Crippen LogP contribution in [0.1, 0.15) is 38.9 Å². The van der Waals surface area contributed by atoms with Gasteiger partial charge in [-0.3, -0.25) is 9.67 Å². The predicted octanol–water partition coefficient (Wildman–Crippen LogP) is 4.13. The van der Waals surface area contributed by atoms with Gasteiger partial charge in [0.05, 0.1) is 35.8 Å². The first kappa shape index (κ1) is 22.3. The highest BCUT2D eigenvalue weighted by Gasteiger charge is 2.20. The first-order chi connectivity index (χ1) is 15.0. The molecule has 3 N–H and O–H groups in total. The molecule has 0 radical (unpaired) electrons. The Bertz CT molecular complexity index is 1100. The van der Waals surface area contributed by atoms with E-state index in [0.717, 1.165) is 40.1 Å². The van der Waals surface area contributed by atoms with Gasteiger partial charge in [0.25, 0.3) is 0 Å². The number of aliphatic imine (C=N–C) groups is 1. The highest BCUT2D eigenvalue weighted by atomic mass is 16.5. The summed E-state index contributed by atoms with van der Waals surface area (Å²) >= 11 is 0. The quantitative estimate of drug-likeness (QED) is 0.504. The summed E-state index contributed by atoms with van der Waals surface area (Å²) in [5.41, 5.74) is 12.0. The fourth-order valence-corrected chi connectivity index (χ4v) is 3.31. The summed E-state index contributed by atoms with van der Waals surface area (Å²) in [5.74, 6) is 0.563. The molecule has 3 heterocycles. The molecule has 1 atom stereocenters. The monoisotopic (exact) mass is 421 g/mol. The molecular formula is C23H31N7O. The standard InChI is InChI=1S/C23H31N7O/c1-6-15(3)30-22-20(27-14-17(24)10-12-25-5)13-19(28-21(22)16(4)29-30)18-9-8-11-26-23(18)31-7-2/h8-13,15H,6-7,14,24H2,1-5H3,(H,27,28). The number of hydrogen-bond donors (Lipinski definition) is 2. The Morgan fingerprint density at radius 3 is 2.90 bits per heavy atom. The maximum absolute atomic E-state index is 6.13. The largest absolute Gasteiger partial charge is 0.477 e. The van der Waals surface area contributed by atoms with E-state index in [1.807, 2.05) is 36.7 Å². The Hall–Kier alpha value is -3.42. The molecule has 31 heavy (non-hydrogen) atoms. The lowest BCUT2D eigenvalue weighted by Gasteiger charge is -2.16. The normalized spacial score (nSPS) is 13.1. The van der Waals surface area contributed by atoms with Crippen LogP contribution in [0.5, 0.6) is 5.88 Å². The molecular weight excluding hydrogens is 390 g/mol. The van der Waals surface area contributed by atoms with E-state index < -0.39 is 0 Å². The SMILES string of the molecule is CCOc1ncccc1-c1cc(NCC(N)=CC=NC)c2c(n1)c(C)nn2C(C)CC. The van der Waals surface area contributed by atoms with Crippen molar-refractivity contribution < 1.29 is 4.74 Å². The van der Waals surface area contributed by atoms with Crippen molar-refractivity contribution in [1.29, 1.82) is 0 Å². The molecule has 8 nitrogen and oxygen atoms in total. The van der Waals surface area contributed by atoms with E-state index >= 15 is 0 Å². The van der Waals surface area contributed by atoms with Crippen LogP contribution >= 0.6 is 0 Å². The van der Waals surface area contributed by atoms with Gasteiger partial charge in [0.15, 0.2) is 0 Å². The molecule has 0 saturated carbocycles. The minimum Gasteiger partial charge on any atom is -0.477 e. The van der Waals surface area contributed by atoms with E-state index in [1.54, 1.807) is 25.5 Å². The Balaban J connectivity index is 2.17. The molecule has 0 aliphatic heterocycles. The molecule has 164 valence electrons.